The number of piperidine rings is 1. The number of halogens is 1. The SMILES string of the molecule is C[C@]1(NC(=O)Nc2ccc(Cl)cc2)CCCN(c2ccc(-c3ccccc3C(N)=O)cc2)C1=O. The summed E-state index contributed by atoms with van der Waals surface area (Å²) in [5, 5.41) is 6.15. The number of hydrogen-bond acceptors (Lipinski definition) is 3. The number of anilines is 2. The molecular weight excluding hydrogens is 452 g/mol. The highest BCUT2D eigenvalue weighted by atomic mass is 35.5. The molecule has 34 heavy (non-hydrogen) atoms. The summed E-state index contributed by atoms with van der Waals surface area (Å²) >= 11 is 5.89. The van der Waals surface area contributed by atoms with E-state index < -0.39 is 17.5 Å². The highest BCUT2D eigenvalue weighted by Gasteiger charge is 2.41. The zero-order valence-electron chi connectivity index (χ0n) is 18.7. The van der Waals surface area contributed by atoms with Crippen molar-refractivity contribution in [3.8, 4) is 11.1 Å². The third kappa shape index (κ3) is 4.89. The van der Waals surface area contributed by atoms with Crippen molar-refractivity contribution in [3.63, 3.8) is 0 Å². The second kappa shape index (κ2) is 9.57. The molecule has 3 aromatic carbocycles. The predicted octanol–water partition coefficient (Wildman–Crippen LogP) is 4.81. The molecule has 174 valence electrons. The molecule has 1 atom stereocenters. The Bertz CT molecular complexity index is 1230. The van der Waals surface area contributed by atoms with E-state index in [0.29, 0.717) is 29.2 Å². The second-order valence-corrected chi connectivity index (χ2v) is 8.87. The number of rotatable bonds is 5. The van der Waals surface area contributed by atoms with Gasteiger partial charge < -0.3 is 21.3 Å². The topological polar surface area (TPSA) is 105 Å². The van der Waals surface area contributed by atoms with Crippen LogP contribution in [0.2, 0.25) is 5.02 Å². The number of benzene rings is 3. The van der Waals surface area contributed by atoms with E-state index >= 15 is 0 Å². The van der Waals surface area contributed by atoms with E-state index in [1.54, 1.807) is 48.2 Å². The third-order valence-electron chi connectivity index (χ3n) is 5.95. The molecule has 0 aliphatic carbocycles. The quantitative estimate of drug-likeness (QED) is 0.492. The van der Waals surface area contributed by atoms with Crippen molar-refractivity contribution in [1.82, 2.24) is 5.32 Å². The molecule has 0 radical (unpaired) electrons. The van der Waals surface area contributed by atoms with Gasteiger partial charge in [-0.25, -0.2) is 4.79 Å². The molecule has 0 aromatic heterocycles. The third-order valence-corrected chi connectivity index (χ3v) is 6.20. The van der Waals surface area contributed by atoms with Crippen molar-refractivity contribution in [2.75, 3.05) is 16.8 Å². The molecule has 1 fully saturated rings. The average Bonchev–Trinajstić information content (AvgIpc) is 2.82. The standard InChI is InChI=1S/C26H25ClN4O3/c1-26(30-25(34)29-19-11-9-18(27)10-12-19)15-4-16-31(24(26)33)20-13-7-17(8-14-20)21-5-2-3-6-22(21)23(28)32/h2-3,5-14H,4,15-16H2,1H3,(H2,28,32)(H2,29,30,34)/t26-/m0/s1. The molecule has 7 nitrogen and oxygen atoms in total. The Labute approximate surface area is 202 Å². The van der Waals surface area contributed by atoms with Gasteiger partial charge in [0.15, 0.2) is 0 Å². The van der Waals surface area contributed by atoms with Gasteiger partial charge in [0.25, 0.3) is 5.91 Å². The Morgan fingerprint density at radius 1 is 1.00 bits per heavy atom. The summed E-state index contributed by atoms with van der Waals surface area (Å²) in [6.07, 6.45) is 1.26. The van der Waals surface area contributed by atoms with Crippen LogP contribution in [0.1, 0.15) is 30.1 Å². The molecular formula is C26H25ClN4O3. The van der Waals surface area contributed by atoms with Crippen molar-refractivity contribution in [3.05, 3.63) is 83.4 Å². The number of carbonyl (C=O) groups excluding carboxylic acids is 3. The van der Waals surface area contributed by atoms with Crippen molar-refractivity contribution in [2.45, 2.75) is 25.3 Å². The lowest BCUT2D eigenvalue weighted by atomic mass is 9.89. The van der Waals surface area contributed by atoms with E-state index in [1.165, 1.54) is 0 Å². The summed E-state index contributed by atoms with van der Waals surface area (Å²) in [6.45, 7) is 2.28. The van der Waals surface area contributed by atoms with Gasteiger partial charge in [0.2, 0.25) is 5.91 Å². The number of nitrogens with zero attached hydrogens (tertiary/aromatic N) is 1. The lowest BCUT2D eigenvalue weighted by molar-refractivity contribution is -0.125. The maximum atomic E-state index is 13.4. The minimum absolute atomic E-state index is 0.185. The normalized spacial score (nSPS) is 17.8. The number of nitrogens with one attached hydrogen (secondary N) is 2. The van der Waals surface area contributed by atoms with Crippen molar-refractivity contribution in [2.24, 2.45) is 5.73 Å². The lowest BCUT2D eigenvalue weighted by Gasteiger charge is -2.39. The Balaban J connectivity index is 1.50. The number of nitrogens with two attached hydrogens (primary N) is 1. The van der Waals surface area contributed by atoms with Crippen LogP contribution < -0.4 is 21.3 Å². The summed E-state index contributed by atoms with van der Waals surface area (Å²) in [7, 11) is 0. The summed E-state index contributed by atoms with van der Waals surface area (Å²) in [4.78, 5) is 39.4. The van der Waals surface area contributed by atoms with Gasteiger partial charge in [-0.05, 0) is 73.4 Å². The molecule has 0 unspecified atom stereocenters. The largest absolute Gasteiger partial charge is 0.366 e. The first kappa shape index (κ1) is 23.3. The van der Waals surface area contributed by atoms with Crippen LogP contribution >= 0.6 is 11.6 Å². The van der Waals surface area contributed by atoms with Gasteiger partial charge in [-0.15, -0.1) is 0 Å². The second-order valence-electron chi connectivity index (χ2n) is 8.44. The van der Waals surface area contributed by atoms with E-state index in [1.807, 2.05) is 36.4 Å². The predicted molar refractivity (Wildman–Crippen MR) is 134 cm³/mol. The Morgan fingerprint density at radius 3 is 2.35 bits per heavy atom. The van der Waals surface area contributed by atoms with Crippen LogP contribution in [0.5, 0.6) is 0 Å². The van der Waals surface area contributed by atoms with Crippen molar-refractivity contribution in [1.29, 1.82) is 0 Å². The Hall–Kier alpha value is -3.84. The molecule has 4 N–H and O–H groups in total. The van der Waals surface area contributed by atoms with Gasteiger partial charge in [0.1, 0.15) is 5.54 Å². The van der Waals surface area contributed by atoms with E-state index in [2.05, 4.69) is 10.6 Å². The van der Waals surface area contributed by atoms with E-state index in [4.69, 9.17) is 17.3 Å². The monoisotopic (exact) mass is 476 g/mol. The van der Waals surface area contributed by atoms with Crippen LogP contribution in [0.15, 0.2) is 72.8 Å². The Kier molecular flexibility index (Phi) is 6.56. The van der Waals surface area contributed by atoms with E-state index in [0.717, 1.165) is 23.2 Å². The number of amides is 4. The number of urea groups is 1. The first-order valence-electron chi connectivity index (χ1n) is 10.9. The highest BCUT2D eigenvalue weighted by molar-refractivity contribution is 6.30. The van der Waals surface area contributed by atoms with Crippen molar-refractivity contribution < 1.29 is 14.4 Å². The molecule has 8 heteroatoms. The first-order chi connectivity index (χ1) is 16.3. The minimum atomic E-state index is -1.05. The van der Waals surface area contributed by atoms with E-state index in [-0.39, 0.29) is 5.91 Å². The number of carbonyl (C=O) groups is 3. The summed E-state index contributed by atoms with van der Waals surface area (Å²) < 4.78 is 0. The molecule has 1 aliphatic heterocycles. The summed E-state index contributed by atoms with van der Waals surface area (Å²) in [6, 6.07) is 20.8. The molecule has 3 aromatic rings. The molecule has 0 bridgehead atoms. The molecule has 1 heterocycles. The summed E-state index contributed by atoms with van der Waals surface area (Å²) in [5.74, 6) is -0.681. The molecule has 0 spiro atoms. The summed E-state index contributed by atoms with van der Waals surface area (Å²) in [5.41, 5.74) is 7.75. The number of primary amides is 1. The highest BCUT2D eigenvalue weighted by Crippen LogP contribution is 2.30. The van der Waals surface area contributed by atoms with Gasteiger partial charge in [-0.1, -0.05) is 41.9 Å². The van der Waals surface area contributed by atoms with Crippen LogP contribution in [0.3, 0.4) is 0 Å². The van der Waals surface area contributed by atoms with Gasteiger partial charge in [0.05, 0.1) is 0 Å². The maximum Gasteiger partial charge on any atom is 0.320 e. The molecule has 0 saturated carbocycles. The maximum absolute atomic E-state index is 13.4. The van der Waals surface area contributed by atoms with Crippen LogP contribution in [-0.4, -0.2) is 29.9 Å². The molecule has 4 rings (SSSR count). The molecule has 1 saturated heterocycles. The molecule has 1 aliphatic rings. The minimum Gasteiger partial charge on any atom is -0.366 e. The van der Waals surface area contributed by atoms with Gasteiger partial charge in [-0.2, -0.15) is 0 Å². The van der Waals surface area contributed by atoms with E-state index in [9.17, 15) is 14.4 Å². The van der Waals surface area contributed by atoms with Crippen LogP contribution in [-0.2, 0) is 4.79 Å². The lowest BCUT2D eigenvalue weighted by Crippen LogP contribution is -2.61. The smallest absolute Gasteiger partial charge is 0.320 e. The van der Waals surface area contributed by atoms with Gasteiger partial charge in [0, 0.05) is 28.5 Å². The average molecular weight is 477 g/mol. The first-order valence-corrected chi connectivity index (χ1v) is 11.3. The number of hydrogen-bond donors (Lipinski definition) is 3. The van der Waals surface area contributed by atoms with Crippen molar-refractivity contribution >= 4 is 40.8 Å². The van der Waals surface area contributed by atoms with Crippen LogP contribution in [0.4, 0.5) is 16.2 Å². The fourth-order valence-electron chi connectivity index (χ4n) is 4.18. The Morgan fingerprint density at radius 2 is 1.68 bits per heavy atom. The van der Waals surface area contributed by atoms with Crippen LogP contribution in [0.25, 0.3) is 11.1 Å². The van der Waals surface area contributed by atoms with Gasteiger partial charge in [-0.3, -0.25) is 9.59 Å². The van der Waals surface area contributed by atoms with Crippen LogP contribution in [0, 0.1) is 0 Å². The van der Waals surface area contributed by atoms with Gasteiger partial charge >= 0.3 is 6.03 Å². The fourth-order valence-corrected chi connectivity index (χ4v) is 4.30. The fraction of sp³-hybridized carbons (Fsp3) is 0.192. The zero-order chi connectivity index (χ0) is 24.3. The zero-order valence-corrected chi connectivity index (χ0v) is 19.4. The molecule has 4 amide bonds.